The number of methoxy groups -OCH3 is 1. The van der Waals surface area contributed by atoms with E-state index in [2.05, 4.69) is 15.1 Å². The number of nitrogens with zero attached hydrogens (tertiary/aromatic N) is 2. The van der Waals surface area contributed by atoms with E-state index >= 15 is 0 Å². The second-order valence-corrected chi connectivity index (χ2v) is 8.29. The number of benzene rings is 2. The number of aromatic hydroxyl groups is 1. The molecule has 2 fully saturated rings. The number of phenolic OH excluding ortho intramolecular Hbond substituents is 1. The van der Waals surface area contributed by atoms with E-state index in [0.29, 0.717) is 24.4 Å². The second-order valence-electron chi connectivity index (χ2n) is 8.29. The van der Waals surface area contributed by atoms with Gasteiger partial charge in [-0.15, -0.1) is 0 Å². The molecule has 2 heterocycles. The molecule has 6 nitrogen and oxygen atoms in total. The fraction of sp³-hybridized carbons (Fsp3) is 0.458. The minimum Gasteiger partial charge on any atom is -0.507 e. The molecule has 0 bridgehead atoms. The molecule has 2 aliphatic rings. The average Bonchev–Trinajstić information content (AvgIpc) is 3.46. The maximum absolute atomic E-state index is 12.8. The van der Waals surface area contributed by atoms with Gasteiger partial charge in [0.15, 0.2) is 0 Å². The van der Waals surface area contributed by atoms with Crippen molar-refractivity contribution >= 4 is 11.6 Å². The third kappa shape index (κ3) is 4.94. The molecule has 160 valence electrons. The van der Waals surface area contributed by atoms with E-state index in [1.807, 2.05) is 12.1 Å². The molecule has 6 heteroatoms. The number of rotatable bonds is 7. The molecule has 0 aromatic heterocycles. The van der Waals surface area contributed by atoms with Gasteiger partial charge < -0.3 is 15.2 Å². The lowest BCUT2D eigenvalue weighted by molar-refractivity contribution is 0.102. The Labute approximate surface area is 178 Å². The smallest absolute Gasteiger partial charge is 0.255 e. The van der Waals surface area contributed by atoms with Gasteiger partial charge in [0.2, 0.25) is 0 Å². The highest BCUT2D eigenvalue weighted by molar-refractivity contribution is 6.04. The van der Waals surface area contributed by atoms with Crippen LogP contribution in [0.25, 0.3) is 0 Å². The molecule has 0 atom stereocenters. The number of carbonyl (C=O) groups is 1. The zero-order chi connectivity index (χ0) is 20.9. The summed E-state index contributed by atoms with van der Waals surface area (Å²) in [5.41, 5.74) is 3.08. The number of anilines is 1. The number of nitrogens with one attached hydrogen (secondary N) is 1. The summed E-state index contributed by atoms with van der Waals surface area (Å²) in [7, 11) is 1.61. The maximum atomic E-state index is 12.8. The summed E-state index contributed by atoms with van der Waals surface area (Å²) in [6, 6.07) is 10.9. The Morgan fingerprint density at radius 3 is 1.90 bits per heavy atom. The molecule has 0 spiro atoms. The Bertz CT molecular complexity index is 831. The van der Waals surface area contributed by atoms with Gasteiger partial charge in [-0.1, -0.05) is 0 Å². The van der Waals surface area contributed by atoms with Gasteiger partial charge in [0.25, 0.3) is 5.91 Å². The third-order valence-corrected chi connectivity index (χ3v) is 6.06. The van der Waals surface area contributed by atoms with E-state index in [0.717, 1.165) is 48.7 Å². The van der Waals surface area contributed by atoms with Crippen LogP contribution in [0.4, 0.5) is 5.69 Å². The summed E-state index contributed by atoms with van der Waals surface area (Å²) in [6.07, 6.45) is 4.81. The first kappa shape index (κ1) is 20.7. The number of ether oxygens (including phenoxy) is 1. The standard InChI is InChI=1S/C24H31N3O3/c1-30-22-8-6-18(7-9-22)24(29)25-21-14-19(16-26-10-2-3-11-26)23(28)20(15-21)17-27-12-4-5-13-27/h6-9,14-15,28H,2-5,10-13,16-17H2,1H3,(H,25,29). The van der Waals surface area contributed by atoms with Gasteiger partial charge in [0.05, 0.1) is 7.11 Å². The third-order valence-electron chi connectivity index (χ3n) is 6.06. The van der Waals surface area contributed by atoms with Crippen LogP contribution in [-0.4, -0.2) is 54.1 Å². The molecular weight excluding hydrogens is 378 g/mol. The first-order chi connectivity index (χ1) is 14.6. The van der Waals surface area contributed by atoms with Crippen molar-refractivity contribution in [2.45, 2.75) is 38.8 Å². The van der Waals surface area contributed by atoms with Crippen molar-refractivity contribution in [3.05, 3.63) is 53.1 Å². The van der Waals surface area contributed by atoms with E-state index in [9.17, 15) is 9.90 Å². The van der Waals surface area contributed by atoms with Crippen molar-refractivity contribution in [3.63, 3.8) is 0 Å². The van der Waals surface area contributed by atoms with Gasteiger partial charge in [-0.05, 0) is 88.3 Å². The fourth-order valence-electron chi connectivity index (χ4n) is 4.38. The topological polar surface area (TPSA) is 65.0 Å². The number of carbonyl (C=O) groups excluding carboxylic acids is 1. The number of hydrogen-bond donors (Lipinski definition) is 2. The van der Waals surface area contributed by atoms with Crippen LogP contribution in [0, 0.1) is 0 Å². The molecule has 2 aromatic rings. The average molecular weight is 410 g/mol. The number of phenols is 1. The summed E-state index contributed by atoms with van der Waals surface area (Å²) >= 11 is 0. The highest BCUT2D eigenvalue weighted by Gasteiger charge is 2.20. The van der Waals surface area contributed by atoms with Crippen LogP contribution in [0.3, 0.4) is 0 Å². The van der Waals surface area contributed by atoms with E-state index in [1.54, 1.807) is 31.4 Å². The molecule has 2 aliphatic heterocycles. The van der Waals surface area contributed by atoms with Gasteiger partial charge in [-0.3, -0.25) is 14.6 Å². The molecule has 0 radical (unpaired) electrons. The van der Waals surface area contributed by atoms with E-state index in [-0.39, 0.29) is 5.91 Å². The molecule has 1 amide bonds. The van der Waals surface area contributed by atoms with Crippen LogP contribution in [0.15, 0.2) is 36.4 Å². The summed E-state index contributed by atoms with van der Waals surface area (Å²) in [6.45, 7) is 5.66. The monoisotopic (exact) mass is 409 g/mol. The first-order valence-electron chi connectivity index (χ1n) is 10.9. The zero-order valence-electron chi connectivity index (χ0n) is 17.7. The minimum atomic E-state index is -0.164. The molecule has 4 rings (SSSR count). The van der Waals surface area contributed by atoms with Crippen LogP contribution in [0.5, 0.6) is 11.5 Å². The van der Waals surface area contributed by atoms with Crippen molar-refractivity contribution in [2.24, 2.45) is 0 Å². The number of hydrogen-bond acceptors (Lipinski definition) is 5. The van der Waals surface area contributed by atoms with Crippen molar-refractivity contribution < 1.29 is 14.6 Å². The lowest BCUT2D eigenvalue weighted by Crippen LogP contribution is -2.21. The Morgan fingerprint density at radius 2 is 1.43 bits per heavy atom. The van der Waals surface area contributed by atoms with E-state index in [4.69, 9.17) is 4.74 Å². The molecule has 0 saturated carbocycles. The van der Waals surface area contributed by atoms with Crippen LogP contribution < -0.4 is 10.1 Å². The van der Waals surface area contributed by atoms with Gasteiger partial charge >= 0.3 is 0 Å². The Balaban J connectivity index is 1.57. The normalized spacial score (nSPS) is 17.4. The summed E-state index contributed by atoms with van der Waals surface area (Å²) < 4.78 is 5.17. The molecule has 30 heavy (non-hydrogen) atoms. The molecule has 0 unspecified atom stereocenters. The predicted octanol–water partition coefficient (Wildman–Crippen LogP) is 3.84. The summed E-state index contributed by atoms with van der Waals surface area (Å²) in [5.74, 6) is 0.927. The van der Waals surface area contributed by atoms with Gasteiger partial charge in [0, 0.05) is 35.5 Å². The molecule has 0 aliphatic carbocycles. The molecule has 2 aromatic carbocycles. The summed E-state index contributed by atoms with van der Waals surface area (Å²) in [5, 5.41) is 14.0. The van der Waals surface area contributed by atoms with E-state index in [1.165, 1.54) is 25.7 Å². The molecule has 2 N–H and O–H groups in total. The predicted molar refractivity (Wildman–Crippen MR) is 118 cm³/mol. The van der Waals surface area contributed by atoms with E-state index < -0.39 is 0 Å². The van der Waals surface area contributed by atoms with Crippen LogP contribution >= 0.6 is 0 Å². The second kappa shape index (κ2) is 9.49. The van der Waals surface area contributed by atoms with Crippen molar-refractivity contribution in [3.8, 4) is 11.5 Å². The quantitative estimate of drug-likeness (QED) is 0.680. The van der Waals surface area contributed by atoms with Gasteiger partial charge in [0.1, 0.15) is 11.5 Å². The Kier molecular flexibility index (Phi) is 6.55. The highest BCUT2D eigenvalue weighted by Crippen LogP contribution is 2.31. The molecular formula is C24H31N3O3. The lowest BCUT2D eigenvalue weighted by atomic mass is 10.1. The highest BCUT2D eigenvalue weighted by atomic mass is 16.5. The SMILES string of the molecule is COc1ccc(C(=O)Nc2cc(CN3CCCC3)c(O)c(CN3CCCC3)c2)cc1. The first-order valence-corrected chi connectivity index (χ1v) is 10.9. The zero-order valence-corrected chi connectivity index (χ0v) is 17.7. The van der Waals surface area contributed by atoms with Crippen molar-refractivity contribution in [1.29, 1.82) is 0 Å². The van der Waals surface area contributed by atoms with Crippen molar-refractivity contribution in [1.82, 2.24) is 9.80 Å². The van der Waals surface area contributed by atoms with Crippen LogP contribution in [-0.2, 0) is 13.1 Å². The summed E-state index contributed by atoms with van der Waals surface area (Å²) in [4.78, 5) is 17.5. The number of likely N-dealkylation sites (tertiary alicyclic amines) is 2. The maximum Gasteiger partial charge on any atom is 0.255 e. The van der Waals surface area contributed by atoms with Crippen LogP contribution in [0.1, 0.15) is 47.2 Å². The Morgan fingerprint density at radius 1 is 0.933 bits per heavy atom. The van der Waals surface area contributed by atoms with Crippen molar-refractivity contribution in [2.75, 3.05) is 38.6 Å². The van der Waals surface area contributed by atoms with Gasteiger partial charge in [-0.25, -0.2) is 0 Å². The largest absolute Gasteiger partial charge is 0.507 e. The molecule has 2 saturated heterocycles. The fourth-order valence-corrected chi connectivity index (χ4v) is 4.38. The Hall–Kier alpha value is -2.57. The number of amides is 1. The van der Waals surface area contributed by atoms with Crippen LogP contribution in [0.2, 0.25) is 0 Å². The lowest BCUT2D eigenvalue weighted by Gasteiger charge is -2.21. The minimum absolute atomic E-state index is 0.164. The van der Waals surface area contributed by atoms with Gasteiger partial charge in [-0.2, -0.15) is 0 Å².